The van der Waals surface area contributed by atoms with Crippen LogP contribution in [0.15, 0.2) is 42.5 Å². The zero-order valence-corrected chi connectivity index (χ0v) is 14.4. The lowest BCUT2D eigenvalue weighted by atomic mass is 10.1. The van der Waals surface area contributed by atoms with Crippen molar-refractivity contribution in [1.29, 1.82) is 0 Å². The fourth-order valence-corrected chi connectivity index (χ4v) is 2.66. The number of anilines is 2. The van der Waals surface area contributed by atoms with Crippen LogP contribution < -0.4 is 10.2 Å². The maximum absolute atomic E-state index is 13.1. The number of hydrogen-bond donors (Lipinski definition) is 1. The van der Waals surface area contributed by atoms with E-state index in [0.717, 1.165) is 22.2 Å². The van der Waals surface area contributed by atoms with Gasteiger partial charge in [-0.25, -0.2) is 18.7 Å². The van der Waals surface area contributed by atoms with Crippen LogP contribution in [0, 0.1) is 6.92 Å². The lowest BCUT2D eigenvalue weighted by Crippen LogP contribution is -2.10. The Hall–Kier alpha value is -2.76. The minimum Gasteiger partial charge on any atom is -0.378 e. The van der Waals surface area contributed by atoms with Gasteiger partial charge in [0.15, 0.2) is 5.82 Å². The molecule has 2 aromatic carbocycles. The van der Waals surface area contributed by atoms with E-state index in [2.05, 4.69) is 21.4 Å². The van der Waals surface area contributed by atoms with Crippen molar-refractivity contribution in [3.05, 3.63) is 59.4 Å². The van der Waals surface area contributed by atoms with Crippen molar-refractivity contribution in [2.45, 2.75) is 19.9 Å². The second kappa shape index (κ2) is 7.01. The molecule has 3 aromatic rings. The summed E-state index contributed by atoms with van der Waals surface area (Å²) in [5.41, 5.74) is 3.85. The first kappa shape index (κ1) is 17.1. The van der Waals surface area contributed by atoms with Gasteiger partial charge < -0.3 is 10.2 Å². The third-order valence-electron chi connectivity index (χ3n) is 4.10. The highest BCUT2D eigenvalue weighted by molar-refractivity contribution is 5.89. The molecule has 0 saturated heterocycles. The van der Waals surface area contributed by atoms with E-state index in [1.54, 1.807) is 12.1 Å². The molecule has 0 bridgehead atoms. The van der Waals surface area contributed by atoms with Crippen molar-refractivity contribution in [2.24, 2.45) is 0 Å². The van der Waals surface area contributed by atoms with Gasteiger partial charge in [-0.05, 0) is 42.3 Å². The molecule has 0 atom stereocenters. The molecule has 25 heavy (non-hydrogen) atoms. The molecule has 6 heteroatoms. The van der Waals surface area contributed by atoms with Crippen LogP contribution in [0.25, 0.3) is 10.9 Å². The molecule has 0 radical (unpaired) electrons. The second-order valence-electron chi connectivity index (χ2n) is 6.11. The van der Waals surface area contributed by atoms with Gasteiger partial charge in [-0.2, -0.15) is 0 Å². The molecule has 1 heterocycles. The molecule has 0 fully saturated rings. The standard InChI is InChI=1S/C19H20F2N4/c1-12-10-14(25(2)3)9-8-13(12)11-22-18-15-6-4-5-7-16(15)23-19(24-18)17(20)21/h4-10,17H,11H2,1-3H3,(H,22,23,24). The summed E-state index contributed by atoms with van der Waals surface area (Å²) >= 11 is 0. The molecule has 0 amide bonds. The number of benzene rings is 2. The Bertz CT molecular complexity index is 894. The maximum atomic E-state index is 13.1. The van der Waals surface area contributed by atoms with Gasteiger partial charge in [0.05, 0.1) is 5.52 Å². The van der Waals surface area contributed by atoms with E-state index in [1.807, 2.05) is 50.2 Å². The largest absolute Gasteiger partial charge is 0.378 e. The molecule has 3 rings (SSSR count). The fraction of sp³-hybridized carbons (Fsp3) is 0.263. The highest BCUT2D eigenvalue weighted by Gasteiger charge is 2.15. The Morgan fingerprint density at radius 3 is 2.52 bits per heavy atom. The average molecular weight is 342 g/mol. The Labute approximate surface area is 145 Å². The molecule has 4 nitrogen and oxygen atoms in total. The van der Waals surface area contributed by atoms with Crippen molar-refractivity contribution in [2.75, 3.05) is 24.3 Å². The highest BCUT2D eigenvalue weighted by atomic mass is 19.3. The summed E-state index contributed by atoms with van der Waals surface area (Å²) in [6.45, 7) is 2.54. The summed E-state index contributed by atoms with van der Waals surface area (Å²) in [7, 11) is 3.98. The third-order valence-corrected chi connectivity index (χ3v) is 4.10. The van der Waals surface area contributed by atoms with Gasteiger partial charge in [0.1, 0.15) is 5.82 Å². The van der Waals surface area contributed by atoms with Gasteiger partial charge in [-0.1, -0.05) is 18.2 Å². The first-order chi connectivity index (χ1) is 12.0. The number of para-hydroxylation sites is 1. The van der Waals surface area contributed by atoms with Gasteiger partial charge in [-0.3, -0.25) is 0 Å². The van der Waals surface area contributed by atoms with E-state index >= 15 is 0 Å². The minimum absolute atomic E-state index is 0.428. The molecule has 0 aliphatic rings. The number of halogens is 2. The predicted octanol–water partition coefficient (Wildman–Crippen LogP) is 4.55. The summed E-state index contributed by atoms with van der Waals surface area (Å²) in [6, 6.07) is 13.3. The zero-order valence-electron chi connectivity index (χ0n) is 14.4. The molecule has 0 aliphatic heterocycles. The number of alkyl halides is 2. The molecule has 0 spiro atoms. The van der Waals surface area contributed by atoms with Crippen LogP contribution in [0.3, 0.4) is 0 Å². The molecule has 0 saturated carbocycles. The van der Waals surface area contributed by atoms with Crippen molar-refractivity contribution in [1.82, 2.24) is 9.97 Å². The van der Waals surface area contributed by atoms with Crippen LogP contribution in [0.4, 0.5) is 20.3 Å². The van der Waals surface area contributed by atoms with E-state index in [9.17, 15) is 8.78 Å². The summed E-state index contributed by atoms with van der Waals surface area (Å²) in [5, 5.41) is 3.92. The van der Waals surface area contributed by atoms with Crippen LogP contribution in [0.5, 0.6) is 0 Å². The lowest BCUT2D eigenvalue weighted by molar-refractivity contribution is 0.141. The fourth-order valence-electron chi connectivity index (χ4n) is 2.66. The van der Waals surface area contributed by atoms with Gasteiger partial charge in [0.2, 0.25) is 0 Å². The van der Waals surface area contributed by atoms with E-state index in [1.165, 1.54) is 0 Å². The topological polar surface area (TPSA) is 41.0 Å². The quantitative estimate of drug-likeness (QED) is 0.738. The Morgan fingerprint density at radius 1 is 1.08 bits per heavy atom. The molecule has 1 aromatic heterocycles. The van der Waals surface area contributed by atoms with E-state index in [-0.39, 0.29) is 0 Å². The number of aryl methyl sites for hydroxylation is 1. The number of fused-ring (bicyclic) bond motifs is 1. The molecule has 0 aliphatic carbocycles. The van der Waals surface area contributed by atoms with Crippen LogP contribution in [0.2, 0.25) is 0 Å². The Morgan fingerprint density at radius 2 is 1.84 bits per heavy atom. The lowest BCUT2D eigenvalue weighted by Gasteiger charge is -2.16. The second-order valence-corrected chi connectivity index (χ2v) is 6.11. The summed E-state index contributed by atoms with van der Waals surface area (Å²) in [4.78, 5) is 9.98. The van der Waals surface area contributed by atoms with E-state index in [0.29, 0.717) is 17.9 Å². The van der Waals surface area contributed by atoms with Crippen LogP contribution in [-0.4, -0.2) is 24.1 Å². The normalized spacial score (nSPS) is 11.1. The summed E-state index contributed by atoms with van der Waals surface area (Å²) < 4.78 is 26.1. The SMILES string of the molecule is Cc1cc(N(C)C)ccc1CNc1nc(C(F)F)nc2ccccc12. The summed E-state index contributed by atoms with van der Waals surface area (Å²) in [6.07, 6.45) is -2.70. The van der Waals surface area contributed by atoms with Gasteiger partial charge in [0.25, 0.3) is 6.43 Å². The number of rotatable bonds is 5. The minimum atomic E-state index is -2.70. The van der Waals surface area contributed by atoms with E-state index in [4.69, 9.17) is 0 Å². The Kier molecular flexibility index (Phi) is 4.79. The zero-order chi connectivity index (χ0) is 18.0. The molecule has 1 N–H and O–H groups in total. The molecule has 0 unspecified atom stereocenters. The van der Waals surface area contributed by atoms with Crippen molar-refractivity contribution in [3.63, 3.8) is 0 Å². The monoisotopic (exact) mass is 342 g/mol. The Balaban J connectivity index is 1.90. The van der Waals surface area contributed by atoms with Crippen LogP contribution in [0.1, 0.15) is 23.4 Å². The maximum Gasteiger partial charge on any atom is 0.297 e. The molecular weight excluding hydrogens is 322 g/mol. The highest BCUT2D eigenvalue weighted by Crippen LogP contribution is 2.25. The predicted molar refractivity (Wildman–Crippen MR) is 97.3 cm³/mol. The third kappa shape index (κ3) is 3.68. The van der Waals surface area contributed by atoms with Gasteiger partial charge in [-0.15, -0.1) is 0 Å². The van der Waals surface area contributed by atoms with Gasteiger partial charge >= 0.3 is 0 Å². The number of hydrogen-bond acceptors (Lipinski definition) is 4. The van der Waals surface area contributed by atoms with Crippen molar-refractivity contribution < 1.29 is 8.78 Å². The van der Waals surface area contributed by atoms with Crippen LogP contribution in [-0.2, 0) is 6.54 Å². The van der Waals surface area contributed by atoms with Gasteiger partial charge in [0, 0.05) is 31.7 Å². The van der Waals surface area contributed by atoms with Crippen molar-refractivity contribution in [3.8, 4) is 0 Å². The average Bonchev–Trinajstić information content (AvgIpc) is 2.60. The van der Waals surface area contributed by atoms with Crippen molar-refractivity contribution >= 4 is 22.4 Å². The number of nitrogens with one attached hydrogen (secondary N) is 1. The molecular formula is C19H20F2N4. The molecule has 130 valence electrons. The van der Waals surface area contributed by atoms with Crippen LogP contribution >= 0.6 is 0 Å². The summed E-state index contributed by atoms with van der Waals surface area (Å²) in [5.74, 6) is -0.0298. The first-order valence-electron chi connectivity index (χ1n) is 8.01. The number of aromatic nitrogens is 2. The smallest absolute Gasteiger partial charge is 0.297 e. The number of nitrogens with zero attached hydrogens (tertiary/aromatic N) is 3. The first-order valence-corrected chi connectivity index (χ1v) is 8.01. The van der Waals surface area contributed by atoms with E-state index < -0.39 is 12.2 Å².